The Kier molecular flexibility index (Phi) is 4.39. The molecule has 1 saturated heterocycles. The molecule has 20 heavy (non-hydrogen) atoms. The molecular formula is C15H20N2O3. The topological polar surface area (TPSA) is 69.6 Å². The highest BCUT2D eigenvalue weighted by Crippen LogP contribution is 2.19. The van der Waals surface area contributed by atoms with E-state index in [0.717, 1.165) is 23.2 Å². The predicted molar refractivity (Wildman–Crippen MR) is 76.8 cm³/mol. The van der Waals surface area contributed by atoms with E-state index in [9.17, 15) is 9.59 Å². The summed E-state index contributed by atoms with van der Waals surface area (Å²) in [7, 11) is 0. The van der Waals surface area contributed by atoms with Crippen molar-refractivity contribution in [3.8, 4) is 0 Å². The summed E-state index contributed by atoms with van der Waals surface area (Å²) in [6, 6.07) is 5.30. The van der Waals surface area contributed by atoms with Crippen molar-refractivity contribution in [2.24, 2.45) is 0 Å². The highest BCUT2D eigenvalue weighted by Gasteiger charge is 2.31. The minimum absolute atomic E-state index is 0.129. The molecule has 1 heterocycles. The van der Waals surface area contributed by atoms with E-state index < -0.39 is 12.0 Å². The van der Waals surface area contributed by atoms with Gasteiger partial charge < -0.3 is 10.4 Å². The molecule has 108 valence electrons. The van der Waals surface area contributed by atoms with Gasteiger partial charge in [0.1, 0.15) is 6.04 Å². The average molecular weight is 276 g/mol. The van der Waals surface area contributed by atoms with Crippen LogP contribution in [-0.4, -0.2) is 41.0 Å². The van der Waals surface area contributed by atoms with E-state index in [1.807, 2.05) is 32.0 Å². The lowest BCUT2D eigenvalue weighted by Crippen LogP contribution is -2.40. The second-order valence-corrected chi connectivity index (χ2v) is 5.33. The van der Waals surface area contributed by atoms with Gasteiger partial charge in [0.2, 0.25) is 5.91 Å². The quantitative estimate of drug-likeness (QED) is 0.879. The molecule has 1 amide bonds. The zero-order valence-corrected chi connectivity index (χ0v) is 11.8. The standard InChI is InChI=1S/C15H20N2O3/c1-10-5-6-12(11(2)8-10)16-14(18)9-17-7-3-4-13(17)15(19)20/h5-6,8,13H,3-4,7,9H2,1-2H3,(H,16,18)(H,19,20). The molecule has 1 atom stereocenters. The lowest BCUT2D eigenvalue weighted by atomic mass is 10.1. The number of nitrogens with zero attached hydrogens (tertiary/aromatic N) is 1. The molecule has 5 heteroatoms. The molecule has 0 radical (unpaired) electrons. The van der Waals surface area contributed by atoms with Gasteiger partial charge in [-0.3, -0.25) is 14.5 Å². The van der Waals surface area contributed by atoms with Gasteiger partial charge in [-0.25, -0.2) is 0 Å². The Morgan fingerprint density at radius 3 is 2.80 bits per heavy atom. The maximum atomic E-state index is 12.0. The number of aliphatic carboxylic acids is 1. The first kappa shape index (κ1) is 14.5. The number of aryl methyl sites for hydroxylation is 2. The van der Waals surface area contributed by atoms with Gasteiger partial charge in [-0.1, -0.05) is 17.7 Å². The minimum Gasteiger partial charge on any atom is -0.480 e. The van der Waals surface area contributed by atoms with Crippen LogP contribution in [0.2, 0.25) is 0 Å². The maximum absolute atomic E-state index is 12.0. The Morgan fingerprint density at radius 2 is 2.15 bits per heavy atom. The Labute approximate surface area is 118 Å². The van der Waals surface area contributed by atoms with Crippen LogP contribution in [0.3, 0.4) is 0 Å². The van der Waals surface area contributed by atoms with Gasteiger partial charge in [0.15, 0.2) is 0 Å². The fourth-order valence-corrected chi connectivity index (χ4v) is 2.62. The zero-order valence-electron chi connectivity index (χ0n) is 11.8. The van der Waals surface area contributed by atoms with Gasteiger partial charge in [0.25, 0.3) is 0 Å². The summed E-state index contributed by atoms with van der Waals surface area (Å²) < 4.78 is 0. The number of carbonyl (C=O) groups excluding carboxylic acids is 1. The van der Waals surface area contributed by atoms with Crippen LogP contribution in [0.1, 0.15) is 24.0 Å². The van der Waals surface area contributed by atoms with Crippen LogP contribution in [0.4, 0.5) is 5.69 Å². The molecule has 1 unspecified atom stereocenters. The van der Waals surface area contributed by atoms with E-state index in [2.05, 4.69) is 5.32 Å². The van der Waals surface area contributed by atoms with Crippen LogP contribution in [0.25, 0.3) is 0 Å². The first-order chi connectivity index (χ1) is 9.47. The number of hydrogen-bond acceptors (Lipinski definition) is 3. The third-order valence-electron chi connectivity index (χ3n) is 3.65. The van der Waals surface area contributed by atoms with Gasteiger partial charge >= 0.3 is 5.97 Å². The van der Waals surface area contributed by atoms with Gasteiger partial charge in [-0.15, -0.1) is 0 Å². The molecule has 0 saturated carbocycles. The predicted octanol–water partition coefficient (Wildman–Crippen LogP) is 1.79. The lowest BCUT2D eigenvalue weighted by molar-refractivity contribution is -0.142. The molecule has 1 aromatic rings. The zero-order chi connectivity index (χ0) is 14.7. The molecule has 0 spiro atoms. The number of benzene rings is 1. The molecule has 0 bridgehead atoms. The molecule has 1 fully saturated rings. The largest absolute Gasteiger partial charge is 0.480 e. The van der Waals surface area contributed by atoms with Gasteiger partial charge in [-0.05, 0) is 44.9 Å². The van der Waals surface area contributed by atoms with Crippen LogP contribution in [0.5, 0.6) is 0 Å². The van der Waals surface area contributed by atoms with Crippen molar-refractivity contribution in [2.45, 2.75) is 32.7 Å². The number of carbonyl (C=O) groups is 2. The van der Waals surface area contributed by atoms with Crippen molar-refractivity contribution in [1.29, 1.82) is 0 Å². The summed E-state index contributed by atoms with van der Waals surface area (Å²) in [6.45, 7) is 4.74. The van der Waals surface area contributed by atoms with Crippen molar-refractivity contribution in [3.63, 3.8) is 0 Å². The number of anilines is 1. The molecule has 2 rings (SSSR count). The molecule has 1 aromatic carbocycles. The SMILES string of the molecule is Cc1ccc(NC(=O)CN2CCCC2C(=O)O)c(C)c1. The highest BCUT2D eigenvalue weighted by atomic mass is 16.4. The summed E-state index contributed by atoms with van der Waals surface area (Å²) in [4.78, 5) is 24.8. The van der Waals surface area contributed by atoms with E-state index in [1.54, 1.807) is 4.90 Å². The van der Waals surface area contributed by atoms with E-state index in [4.69, 9.17) is 5.11 Å². The number of nitrogens with one attached hydrogen (secondary N) is 1. The molecular weight excluding hydrogens is 256 g/mol. The number of carboxylic acid groups (broad SMARTS) is 1. The van der Waals surface area contributed by atoms with Gasteiger partial charge in [-0.2, -0.15) is 0 Å². The van der Waals surface area contributed by atoms with Gasteiger partial charge in [0, 0.05) is 5.69 Å². The van der Waals surface area contributed by atoms with Crippen LogP contribution < -0.4 is 5.32 Å². The van der Waals surface area contributed by atoms with Crippen molar-refractivity contribution < 1.29 is 14.7 Å². The van der Waals surface area contributed by atoms with Crippen molar-refractivity contribution in [3.05, 3.63) is 29.3 Å². The van der Waals surface area contributed by atoms with Crippen molar-refractivity contribution in [1.82, 2.24) is 4.90 Å². The third kappa shape index (κ3) is 3.36. The molecule has 1 aliphatic heterocycles. The van der Waals surface area contributed by atoms with E-state index in [1.165, 1.54) is 0 Å². The number of likely N-dealkylation sites (tertiary alicyclic amines) is 1. The summed E-state index contributed by atoms with van der Waals surface area (Å²) in [5.41, 5.74) is 2.94. The summed E-state index contributed by atoms with van der Waals surface area (Å²) in [5.74, 6) is -1.01. The Hall–Kier alpha value is -1.88. The summed E-state index contributed by atoms with van der Waals surface area (Å²) in [6.07, 6.45) is 1.44. The molecule has 1 aliphatic rings. The second-order valence-electron chi connectivity index (χ2n) is 5.33. The molecule has 2 N–H and O–H groups in total. The second kappa shape index (κ2) is 6.05. The smallest absolute Gasteiger partial charge is 0.320 e. The molecule has 5 nitrogen and oxygen atoms in total. The number of hydrogen-bond donors (Lipinski definition) is 2. The Morgan fingerprint density at radius 1 is 1.40 bits per heavy atom. The van der Waals surface area contributed by atoms with Crippen molar-refractivity contribution in [2.75, 3.05) is 18.4 Å². The third-order valence-corrected chi connectivity index (χ3v) is 3.65. The fraction of sp³-hybridized carbons (Fsp3) is 0.467. The van der Waals surface area contributed by atoms with Crippen LogP contribution >= 0.6 is 0 Å². The molecule has 0 aliphatic carbocycles. The normalized spacial score (nSPS) is 19.0. The number of amides is 1. The van der Waals surface area contributed by atoms with E-state index in [-0.39, 0.29) is 12.5 Å². The fourth-order valence-electron chi connectivity index (χ4n) is 2.62. The van der Waals surface area contributed by atoms with Crippen LogP contribution in [0.15, 0.2) is 18.2 Å². The van der Waals surface area contributed by atoms with Crippen LogP contribution in [-0.2, 0) is 9.59 Å². The average Bonchev–Trinajstić information content (AvgIpc) is 2.81. The molecule has 0 aromatic heterocycles. The van der Waals surface area contributed by atoms with E-state index >= 15 is 0 Å². The number of carboxylic acids is 1. The maximum Gasteiger partial charge on any atom is 0.320 e. The monoisotopic (exact) mass is 276 g/mol. The van der Waals surface area contributed by atoms with Gasteiger partial charge in [0.05, 0.1) is 6.54 Å². The minimum atomic E-state index is -0.846. The Balaban J connectivity index is 1.97. The number of rotatable bonds is 4. The highest BCUT2D eigenvalue weighted by molar-refractivity contribution is 5.93. The summed E-state index contributed by atoms with van der Waals surface area (Å²) in [5, 5.41) is 11.9. The van der Waals surface area contributed by atoms with Crippen molar-refractivity contribution >= 4 is 17.6 Å². The first-order valence-electron chi connectivity index (χ1n) is 6.81. The van der Waals surface area contributed by atoms with Crippen LogP contribution in [0, 0.1) is 13.8 Å². The Bertz CT molecular complexity index is 528. The lowest BCUT2D eigenvalue weighted by Gasteiger charge is -2.20. The first-order valence-corrected chi connectivity index (χ1v) is 6.81. The summed E-state index contributed by atoms with van der Waals surface area (Å²) >= 11 is 0. The van der Waals surface area contributed by atoms with E-state index in [0.29, 0.717) is 13.0 Å².